The van der Waals surface area contributed by atoms with Crippen molar-refractivity contribution >= 4 is 17.6 Å². The lowest BCUT2D eigenvalue weighted by Crippen LogP contribution is -2.17. The lowest BCUT2D eigenvalue weighted by atomic mass is 10.1. The van der Waals surface area contributed by atoms with Gasteiger partial charge in [-0.1, -0.05) is 51.9 Å². The fraction of sp³-hybridized carbons (Fsp3) is 0.615. The summed E-state index contributed by atoms with van der Waals surface area (Å²) in [4.78, 5) is 23.7. The van der Waals surface area contributed by atoms with Crippen molar-refractivity contribution in [2.24, 2.45) is 5.92 Å². The molecule has 7 nitrogen and oxygen atoms in total. The molecule has 1 aromatic rings. The molecule has 1 fully saturated rings. The quantitative estimate of drug-likeness (QED) is 0.106. The lowest BCUT2D eigenvalue weighted by Gasteiger charge is -2.14. The van der Waals surface area contributed by atoms with Crippen LogP contribution in [0.15, 0.2) is 30.0 Å². The minimum atomic E-state index is -0.773. The van der Waals surface area contributed by atoms with E-state index in [2.05, 4.69) is 21.7 Å². The van der Waals surface area contributed by atoms with Gasteiger partial charge in [-0.3, -0.25) is 0 Å². The molecule has 0 bridgehead atoms. The first-order chi connectivity index (χ1) is 16.1. The molecule has 0 amide bonds. The van der Waals surface area contributed by atoms with Gasteiger partial charge in [-0.05, 0) is 37.3 Å². The molecular weight excluding hydrogens is 422 g/mol. The minimum Gasteiger partial charge on any atom is -0.490 e. The highest BCUT2D eigenvalue weighted by Crippen LogP contribution is 2.34. The third-order valence-corrected chi connectivity index (χ3v) is 5.56. The maximum Gasteiger partial charge on any atom is 0.346 e. The van der Waals surface area contributed by atoms with Gasteiger partial charge in [-0.15, -0.1) is 0 Å². The Balaban J connectivity index is 1.94. The summed E-state index contributed by atoms with van der Waals surface area (Å²) in [5, 5.41) is 2.96. The Bertz CT molecular complexity index is 754. The van der Waals surface area contributed by atoms with Crippen molar-refractivity contribution in [2.45, 2.75) is 71.1 Å². The maximum absolute atomic E-state index is 11.8. The van der Waals surface area contributed by atoms with Gasteiger partial charge in [-0.25, -0.2) is 9.59 Å². The number of unbranched alkanes of at least 4 members (excludes halogenated alkanes) is 7. The maximum atomic E-state index is 11.8. The van der Waals surface area contributed by atoms with Gasteiger partial charge in [0.15, 0.2) is 17.1 Å². The Labute approximate surface area is 197 Å². The van der Waals surface area contributed by atoms with Crippen LogP contribution < -0.4 is 14.8 Å². The van der Waals surface area contributed by atoms with Crippen molar-refractivity contribution in [1.82, 2.24) is 0 Å². The van der Waals surface area contributed by atoms with E-state index in [9.17, 15) is 9.59 Å². The predicted molar refractivity (Wildman–Crippen MR) is 129 cm³/mol. The number of hydrogen-bond acceptors (Lipinski definition) is 7. The Morgan fingerprint density at radius 1 is 0.909 bits per heavy atom. The van der Waals surface area contributed by atoms with Crippen LogP contribution in [0.3, 0.4) is 0 Å². The normalized spacial score (nSPS) is 12.6. The van der Waals surface area contributed by atoms with E-state index < -0.39 is 11.9 Å². The number of benzene rings is 1. The zero-order chi connectivity index (χ0) is 23.9. The van der Waals surface area contributed by atoms with E-state index in [4.69, 9.17) is 9.47 Å². The van der Waals surface area contributed by atoms with Gasteiger partial charge in [0.2, 0.25) is 0 Å². The highest BCUT2D eigenvalue weighted by Gasteiger charge is 2.23. The number of rotatable bonds is 17. The van der Waals surface area contributed by atoms with Crippen LogP contribution in [0.5, 0.6) is 11.5 Å². The second kappa shape index (κ2) is 15.2. The van der Waals surface area contributed by atoms with E-state index in [1.165, 1.54) is 71.8 Å². The Morgan fingerprint density at radius 2 is 1.55 bits per heavy atom. The first kappa shape index (κ1) is 26.6. The fourth-order valence-corrected chi connectivity index (χ4v) is 3.32. The molecule has 0 unspecified atom stereocenters. The van der Waals surface area contributed by atoms with Gasteiger partial charge < -0.3 is 24.3 Å². The summed E-state index contributed by atoms with van der Waals surface area (Å²) in [6.07, 6.45) is 13.6. The summed E-state index contributed by atoms with van der Waals surface area (Å²) in [6, 6.07) is 5.47. The molecule has 1 saturated carbocycles. The molecule has 184 valence electrons. The summed E-state index contributed by atoms with van der Waals surface area (Å²) in [5.74, 6) is 0.440. The summed E-state index contributed by atoms with van der Waals surface area (Å²) < 4.78 is 21.3. The summed E-state index contributed by atoms with van der Waals surface area (Å²) >= 11 is 0. The zero-order valence-electron chi connectivity index (χ0n) is 20.3. The van der Waals surface area contributed by atoms with Crippen LogP contribution in [-0.2, 0) is 19.1 Å². The molecular formula is C26H39NO6. The Hall–Kier alpha value is -2.70. The Kier molecular flexibility index (Phi) is 12.2. The molecule has 2 rings (SSSR count). The summed E-state index contributed by atoms with van der Waals surface area (Å²) in [7, 11) is 2.42. The third kappa shape index (κ3) is 10.2. The number of esters is 2. The van der Waals surface area contributed by atoms with E-state index in [0.29, 0.717) is 36.3 Å². The van der Waals surface area contributed by atoms with Crippen molar-refractivity contribution in [1.29, 1.82) is 0 Å². The molecule has 1 aliphatic rings. The standard InChI is InChI=1S/C26H39NO6/c1-4-5-6-7-8-9-10-11-16-32-24-17-21(14-15-23(24)33-19-20-12-13-20)27-18-22(25(28)30-2)26(29)31-3/h14-15,17-18,20,27H,4-13,16,19H2,1-3H3. The molecule has 0 spiro atoms. The molecule has 0 aromatic heterocycles. The van der Waals surface area contributed by atoms with Crippen molar-refractivity contribution in [3.8, 4) is 11.5 Å². The molecule has 0 atom stereocenters. The van der Waals surface area contributed by atoms with Crippen LogP contribution >= 0.6 is 0 Å². The number of anilines is 1. The van der Waals surface area contributed by atoms with Crippen molar-refractivity contribution < 1.29 is 28.5 Å². The third-order valence-electron chi connectivity index (χ3n) is 5.56. The highest BCUT2D eigenvalue weighted by atomic mass is 16.5. The van der Waals surface area contributed by atoms with Crippen molar-refractivity contribution in [3.63, 3.8) is 0 Å². The van der Waals surface area contributed by atoms with Crippen LogP contribution in [0.25, 0.3) is 0 Å². The molecule has 1 N–H and O–H groups in total. The number of ether oxygens (including phenoxy) is 4. The van der Waals surface area contributed by atoms with Gasteiger partial charge in [0.25, 0.3) is 0 Å². The Morgan fingerprint density at radius 3 is 2.15 bits per heavy atom. The molecule has 0 radical (unpaired) electrons. The first-order valence-corrected chi connectivity index (χ1v) is 12.1. The number of carbonyl (C=O) groups excluding carboxylic acids is 2. The van der Waals surface area contributed by atoms with Gasteiger partial charge in [0.05, 0.1) is 27.4 Å². The van der Waals surface area contributed by atoms with Gasteiger partial charge in [0.1, 0.15) is 0 Å². The monoisotopic (exact) mass is 461 g/mol. The predicted octanol–water partition coefficient (Wildman–Crippen LogP) is 5.64. The number of hydrogen-bond donors (Lipinski definition) is 1. The smallest absolute Gasteiger partial charge is 0.346 e. The van der Waals surface area contributed by atoms with Crippen LogP contribution in [0.4, 0.5) is 5.69 Å². The molecule has 1 aliphatic carbocycles. The zero-order valence-corrected chi connectivity index (χ0v) is 20.3. The molecule has 7 heteroatoms. The second-order valence-electron chi connectivity index (χ2n) is 8.42. The lowest BCUT2D eigenvalue weighted by molar-refractivity contribution is -0.144. The fourth-order valence-electron chi connectivity index (χ4n) is 3.32. The molecule has 33 heavy (non-hydrogen) atoms. The SMILES string of the molecule is CCCCCCCCCCOc1cc(NC=C(C(=O)OC)C(=O)OC)ccc1OCC1CC1. The van der Waals surface area contributed by atoms with Crippen molar-refractivity contribution in [3.05, 3.63) is 30.0 Å². The topological polar surface area (TPSA) is 83.1 Å². The average Bonchev–Trinajstić information content (AvgIpc) is 3.66. The molecule has 0 saturated heterocycles. The number of methoxy groups -OCH3 is 2. The van der Waals surface area contributed by atoms with E-state index in [0.717, 1.165) is 12.8 Å². The van der Waals surface area contributed by atoms with Gasteiger partial charge >= 0.3 is 11.9 Å². The summed E-state index contributed by atoms with van der Waals surface area (Å²) in [6.45, 7) is 3.54. The minimum absolute atomic E-state index is 0.226. The number of carbonyl (C=O) groups is 2. The van der Waals surface area contributed by atoms with E-state index in [-0.39, 0.29) is 5.57 Å². The van der Waals surface area contributed by atoms with Crippen LogP contribution in [-0.4, -0.2) is 39.4 Å². The number of nitrogens with one attached hydrogen (secondary N) is 1. The van der Waals surface area contributed by atoms with Crippen molar-refractivity contribution in [2.75, 3.05) is 32.8 Å². The van der Waals surface area contributed by atoms with Crippen LogP contribution in [0.2, 0.25) is 0 Å². The van der Waals surface area contributed by atoms with E-state index in [1.807, 2.05) is 18.2 Å². The van der Waals surface area contributed by atoms with Gasteiger partial charge in [0, 0.05) is 18.0 Å². The van der Waals surface area contributed by atoms with Crippen LogP contribution in [0, 0.1) is 5.92 Å². The molecule has 0 aliphatic heterocycles. The molecule has 0 heterocycles. The molecule has 1 aromatic carbocycles. The van der Waals surface area contributed by atoms with E-state index >= 15 is 0 Å². The summed E-state index contributed by atoms with van der Waals surface area (Å²) in [5.41, 5.74) is 0.431. The second-order valence-corrected chi connectivity index (χ2v) is 8.42. The largest absolute Gasteiger partial charge is 0.490 e. The van der Waals surface area contributed by atoms with Crippen LogP contribution in [0.1, 0.15) is 71.1 Å². The average molecular weight is 462 g/mol. The van der Waals surface area contributed by atoms with Gasteiger partial charge in [-0.2, -0.15) is 0 Å². The highest BCUT2D eigenvalue weighted by molar-refractivity contribution is 6.14. The van der Waals surface area contributed by atoms with E-state index in [1.54, 1.807) is 0 Å². The first-order valence-electron chi connectivity index (χ1n) is 12.1.